The van der Waals surface area contributed by atoms with Gasteiger partial charge in [-0.2, -0.15) is 8.42 Å². The van der Waals surface area contributed by atoms with E-state index in [9.17, 15) is 8.42 Å². The second-order valence-electron chi connectivity index (χ2n) is 4.76. The van der Waals surface area contributed by atoms with E-state index in [1.807, 2.05) is 13.0 Å². The minimum Gasteiger partial charge on any atom is -0.373 e. The molecule has 1 unspecified atom stereocenters. The maximum atomic E-state index is 12.1. The lowest BCUT2D eigenvalue weighted by Crippen LogP contribution is -2.16. The van der Waals surface area contributed by atoms with E-state index < -0.39 is 10.1 Å². The van der Waals surface area contributed by atoms with Crippen molar-refractivity contribution in [2.24, 2.45) is 0 Å². The van der Waals surface area contributed by atoms with Crippen LogP contribution in [0.25, 0.3) is 0 Å². The molecule has 19 heavy (non-hydrogen) atoms. The van der Waals surface area contributed by atoms with Gasteiger partial charge in [0, 0.05) is 12.2 Å². The predicted molar refractivity (Wildman–Crippen MR) is 72.5 cm³/mol. The summed E-state index contributed by atoms with van der Waals surface area (Å²) in [5, 5.41) is 0. The highest BCUT2D eigenvalue weighted by Gasteiger charge is 2.26. The number of aryl methyl sites for hydroxylation is 1. The van der Waals surface area contributed by atoms with E-state index in [4.69, 9.17) is 8.92 Å². The average Bonchev–Trinajstić information content (AvgIpc) is 2.39. The molecule has 0 bridgehead atoms. The lowest BCUT2D eigenvalue weighted by molar-refractivity contribution is 0.0131. The first-order valence-corrected chi connectivity index (χ1v) is 8.07. The summed E-state index contributed by atoms with van der Waals surface area (Å²) in [6.45, 7) is 4.44. The minimum atomic E-state index is -3.69. The second-order valence-corrected chi connectivity index (χ2v) is 6.34. The Balaban J connectivity index is 2.43. The molecule has 0 radical (unpaired) electrons. The van der Waals surface area contributed by atoms with Crippen molar-refractivity contribution in [3.63, 3.8) is 0 Å². The zero-order valence-corrected chi connectivity index (χ0v) is 12.2. The van der Waals surface area contributed by atoms with Crippen molar-refractivity contribution < 1.29 is 17.3 Å². The van der Waals surface area contributed by atoms with Gasteiger partial charge in [-0.25, -0.2) is 0 Å². The van der Waals surface area contributed by atoms with Gasteiger partial charge in [0.25, 0.3) is 10.1 Å². The van der Waals surface area contributed by atoms with Crippen LogP contribution in [-0.4, -0.2) is 21.6 Å². The van der Waals surface area contributed by atoms with Gasteiger partial charge < -0.3 is 4.74 Å². The number of hydrogen-bond donors (Lipinski definition) is 0. The number of benzene rings is 1. The van der Waals surface area contributed by atoms with Gasteiger partial charge in [-0.3, -0.25) is 4.18 Å². The first-order chi connectivity index (χ1) is 9.04. The van der Waals surface area contributed by atoms with Gasteiger partial charge in [0.15, 0.2) is 0 Å². The normalized spacial score (nSPS) is 20.4. The molecule has 1 atom stereocenters. The first kappa shape index (κ1) is 14.5. The van der Waals surface area contributed by atoms with Crippen molar-refractivity contribution in [2.75, 3.05) is 13.2 Å². The summed E-state index contributed by atoms with van der Waals surface area (Å²) >= 11 is 0. The Bertz CT molecular complexity index is 530. The maximum Gasteiger partial charge on any atom is 0.297 e. The van der Waals surface area contributed by atoms with Gasteiger partial charge in [0.1, 0.15) is 0 Å². The Hall–Kier alpha value is -0.910. The SMILES string of the molecule is CCOS(=O)(=O)c1ccc(C)cc1C1CCCCO1. The summed E-state index contributed by atoms with van der Waals surface area (Å²) in [6.07, 6.45) is 2.82. The van der Waals surface area contributed by atoms with E-state index in [1.165, 1.54) is 0 Å². The van der Waals surface area contributed by atoms with Gasteiger partial charge in [-0.05, 0) is 39.2 Å². The number of ether oxygens (including phenoxy) is 1. The molecule has 1 aliphatic rings. The van der Waals surface area contributed by atoms with Crippen molar-refractivity contribution in [3.8, 4) is 0 Å². The van der Waals surface area contributed by atoms with Gasteiger partial charge in [0.05, 0.1) is 17.6 Å². The molecule has 1 fully saturated rings. The molecule has 1 aliphatic heterocycles. The van der Waals surface area contributed by atoms with Crippen molar-refractivity contribution in [1.82, 2.24) is 0 Å². The monoisotopic (exact) mass is 284 g/mol. The van der Waals surface area contributed by atoms with Crippen molar-refractivity contribution in [3.05, 3.63) is 29.3 Å². The van der Waals surface area contributed by atoms with Crippen LogP contribution in [0.15, 0.2) is 23.1 Å². The molecule has 2 rings (SSSR count). The molecule has 0 saturated carbocycles. The van der Waals surface area contributed by atoms with Crippen LogP contribution in [-0.2, 0) is 19.0 Å². The Morgan fingerprint density at radius 3 is 2.79 bits per heavy atom. The highest BCUT2D eigenvalue weighted by atomic mass is 32.2. The van der Waals surface area contributed by atoms with E-state index in [2.05, 4.69) is 0 Å². The molecule has 4 nitrogen and oxygen atoms in total. The number of rotatable bonds is 4. The van der Waals surface area contributed by atoms with E-state index >= 15 is 0 Å². The zero-order chi connectivity index (χ0) is 13.9. The lowest BCUT2D eigenvalue weighted by Gasteiger charge is -2.25. The molecule has 0 amide bonds. The zero-order valence-electron chi connectivity index (χ0n) is 11.4. The van der Waals surface area contributed by atoms with E-state index in [0.717, 1.165) is 30.4 Å². The van der Waals surface area contributed by atoms with Gasteiger partial charge in [-0.15, -0.1) is 0 Å². The standard InChI is InChI=1S/C14H20O4S/c1-3-18-19(15,16)14-8-7-11(2)10-12(14)13-6-4-5-9-17-13/h7-8,10,13H,3-6,9H2,1-2H3. The molecule has 1 aromatic carbocycles. The Morgan fingerprint density at radius 1 is 1.37 bits per heavy atom. The summed E-state index contributed by atoms with van der Waals surface area (Å²) in [6, 6.07) is 5.30. The molecule has 1 heterocycles. The van der Waals surface area contributed by atoms with E-state index in [0.29, 0.717) is 6.61 Å². The minimum absolute atomic E-state index is 0.140. The highest BCUT2D eigenvalue weighted by Crippen LogP contribution is 2.33. The fourth-order valence-electron chi connectivity index (χ4n) is 2.35. The quantitative estimate of drug-likeness (QED) is 0.798. The van der Waals surface area contributed by atoms with Gasteiger partial charge >= 0.3 is 0 Å². The topological polar surface area (TPSA) is 52.6 Å². The van der Waals surface area contributed by atoms with Crippen LogP contribution in [0.3, 0.4) is 0 Å². The molecule has 106 valence electrons. The van der Waals surface area contributed by atoms with Crippen LogP contribution >= 0.6 is 0 Å². The third-order valence-corrected chi connectivity index (χ3v) is 4.69. The second kappa shape index (κ2) is 6.03. The molecule has 5 heteroatoms. The van der Waals surface area contributed by atoms with Gasteiger partial charge in [0.2, 0.25) is 0 Å². The Kier molecular flexibility index (Phi) is 4.60. The molecular formula is C14H20O4S. The fraction of sp³-hybridized carbons (Fsp3) is 0.571. The van der Waals surface area contributed by atoms with Crippen molar-refractivity contribution in [2.45, 2.75) is 44.1 Å². The summed E-state index contributed by atoms with van der Waals surface area (Å²) in [7, 11) is -3.69. The number of hydrogen-bond acceptors (Lipinski definition) is 4. The van der Waals surface area contributed by atoms with Crippen molar-refractivity contribution >= 4 is 10.1 Å². The Labute approximate surface area is 114 Å². The smallest absolute Gasteiger partial charge is 0.297 e. The van der Waals surface area contributed by atoms with Crippen LogP contribution in [0.2, 0.25) is 0 Å². The fourth-order valence-corrected chi connectivity index (χ4v) is 3.50. The van der Waals surface area contributed by atoms with Gasteiger partial charge in [-0.1, -0.05) is 17.7 Å². The van der Waals surface area contributed by atoms with Crippen LogP contribution in [0.1, 0.15) is 43.4 Å². The van der Waals surface area contributed by atoms with Crippen LogP contribution < -0.4 is 0 Å². The van der Waals surface area contributed by atoms with E-state index in [1.54, 1.807) is 19.1 Å². The summed E-state index contributed by atoms with van der Waals surface area (Å²) in [4.78, 5) is 0.242. The third-order valence-electron chi connectivity index (χ3n) is 3.23. The molecular weight excluding hydrogens is 264 g/mol. The average molecular weight is 284 g/mol. The molecule has 0 spiro atoms. The van der Waals surface area contributed by atoms with Crippen molar-refractivity contribution in [1.29, 1.82) is 0 Å². The lowest BCUT2D eigenvalue weighted by atomic mass is 10.00. The molecule has 1 aromatic rings. The summed E-state index contributed by atoms with van der Waals surface area (Å²) in [5.41, 5.74) is 1.76. The van der Waals surface area contributed by atoms with E-state index in [-0.39, 0.29) is 17.6 Å². The molecule has 0 aliphatic carbocycles. The van der Waals surface area contributed by atoms with Crippen LogP contribution in [0.4, 0.5) is 0 Å². The summed E-state index contributed by atoms with van der Waals surface area (Å²) in [5.74, 6) is 0. The summed E-state index contributed by atoms with van der Waals surface area (Å²) < 4.78 is 34.9. The largest absolute Gasteiger partial charge is 0.373 e. The molecule has 0 N–H and O–H groups in total. The predicted octanol–water partition coefficient (Wildman–Crippen LogP) is 2.96. The van der Waals surface area contributed by atoms with Crippen LogP contribution in [0, 0.1) is 6.92 Å². The molecule has 0 aromatic heterocycles. The maximum absolute atomic E-state index is 12.1. The molecule has 1 saturated heterocycles. The highest BCUT2D eigenvalue weighted by molar-refractivity contribution is 7.86. The first-order valence-electron chi connectivity index (χ1n) is 6.66. The van der Waals surface area contributed by atoms with Crippen LogP contribution in [0.5, 0.6) is 0 Å². The Morgan fingerprint density at radius 2 is 2.16 bits per heavy atom. The third kappa shape index (κ3) is 3.35.